The van der Waals surface area contributed by atoms with Gasteiger partial charge in [-0.05, 0) is 57.1 Å². The van der Waals surface area contributed by atoms with Gasteiger partial charge in [-0.1, -0.05) is 12.7 Å². The average Bonchev–Trinajstić information content (AvgIpc) is 3.57. The highest BCUT2D eigenvalue weighted by atomic mass is 16.2. The van der Waals surface area contributed by atoms with Crippen LogP contribution in [-0.2, 0) is 16.6 Å². The van der Waals surface area contributed by atoms with Crippen LogP contribution in [0.4, 0.5) is 5.82 Å². The molecule has 34 heavy (non-hydrogen) atoms. The number of nitrogen functional groups attached to an aromatic ring is 1. The summed E-state index contributed by atoms with van der Waals surface area (Å²) in [4.78, 5) is 38.2. The summed E-state index contributed by atoms with van der Waals surface area (Å²) in [6, 6.07) is 0.132. The summed E-state index contributed by atoms with van der Waals surface area (Å²) in [6.07, 6.45) is 10.6. The molecule has 8 heteroatoms. The van der Waals surface area contributed by atoms with E-state index in [1.165, 1.54) is 18.0 Å². The second-order valence-corrected chi connectivity index (χ2v) is 9.99. The first-order chi connectivity index (χ1) is 16.4. The van der Waals surface area contributed by atoms with E-state index in [1.54, 1.807) is 0 Å². The van der Waals surface area contributed by atoms with E-state index in [9.17, 15) is 9.59 Å². The lowest BCUT2D eigenvalue weighted by Crippen LogP contribution is -2.34. The van der Waals surface area contributed by atoms with E-state index in [4.69, 9.17) is 5.73 Å². The molecule has 2 aliphatic heterocycles. The molecule has 0 bridgehead atoms. The molecule has 3 atom stereocenters. The molecule has 0 radical (unpaired) electrons. The minimum atomic E-state index is -0.0326. The molecule has 0 spiro atoms. The van der Waals surface area contributed by atoms with Crippen molar-refractivity contribution >= 4 is 34.2 Å². The molecule has 1 unspecified atom stereocenters. The number of fused-ring (bicyclic) bond motifs is 1. The topological polar surface area (TPSA) is 97.3 Å². The zero-order chi connectivity index (χ0) is 24.0. The Kier molecular flexibility index (Phi) is 5.91. The fourth-order valence-electron chi connectivity index (χ4n) is 6.23. The number of hydrogen-bond acceptors (Lipinski definition) is 5. The van der Waals surface area contributed by atoms with Crippen LogP contribution in [0.5, 0.6) is 0 Å². The molecule has 2 aromatic rings. The lowest BCUT2D eigenvalue weighted by Gasteiger charge is -2.27. The van der Waals surface area contributed by atoms with Crippen molar-refractivity contribution in [2.75, 3.05) is 25.4 Å². The van der Waals surface area contributed by atoms with Crippen LogP contribution in [0.1, 0.15) is 62.6 Å². The minimum absolute atomic E-state index is 0.0326. The van der Waals surface area contributed by atoms with Crippen LogP contribution in [0.15, 0.2) is 25.1 Å². The quantitative estimate of drug-likeness (QED) is 0.704. The minimum Gasteiger partial charge on any atom is -0.383 e. The molecular weight excluding hydrogens is 428 g/mol. The highest BCUT2D eigenvalue weighted by Crippen LogP contribution is 2.44. The number of anilines is 1. The van der Waals surface area contributed by atoms with Crippen LogP contribution in [0.3, 0.4) is 0 Å². The van der Waals surface area contributed by atoms with Crippen LogP contribution >= 0.6 is 0 Å². The zero-order valence-electron chi connectivity index (χ0n) is 20.2. The Morgan fingerprint density at radius 3 is 2.68 bits per heavy atom. The third-order valence-electron chi connectivity index (χ3n) is 7.96. The van der Waals surface area contributed by atoms with Gasteiger partial charge in [0.2, 0.25) is 11.8 Å². The van der Waals surface area contributed by atoms with Crippen molar-refractivity contribution in [1.82, 2.24) is 24.3 Å². The molecule has 2 aromatic heterocycles. The lowest BCUT2D eigenvalue weighted by molar-refractivity contribution is -0.134. The number of nitrogens with two attached hydrogens (primary N) is 1. The number of hydrogen-bond donors (Lipinski definition) is 1. The van der Waals surface area contributed by atoms with Crippen molar-refractivity contribution in [3.8, 4) is 0 Å². The number of carbonyl (C=O) groups is 2. The van der Waals surface area contributed by atoms with Crippen molar-refractivity contribution < 1.29 is 9.59 Å². The Hall–Kier alpha value is -3.16. The van der Waals surface area contributed by atoms with Gasteiger partial charge in [-0.15, -0.1) is 0 Å². The SMILES string of the molecule is C=CC(=O)N1CC(c2c(C3=CC[C@H](C(=O)N4CCCC4)CC3)c3c(N)ncnc3n2C)C[C@@H]1C. The van der Waals surface area contributed by atoms with E-state index in [2.05, 4.69) is 34.1 Å². The molecule has 180 valence electrons. The summed E-state index contributed by atoms with van der Waals surface area (Å²) in [7, 11) is 2.03. The van der Waals surface area contributed by atoms with Gasteiger partial charge in [0, 0.05) is 55.8 Å². The Labute approximate surface area is 200 Å². The summed E-state index contributed by atoms with van der Waals surface area (Å²) < 4.78 is 2.13. The monoisotopic (exact) mass is 462 g/mol. The maximum Gasteiger partial charge on any atom is 0.246 e. The summed E-state index contributed by atoms with van der Waals surface area (Å²) in [5, 5.41) is 0.886. The zero-order valence-corrected chi connectivity index (χ0v) is 20.2. The second kappa shape index (κ2) is 8.89. The molecule has 2 N–H and O–H groups in total. The standard InChI is InChI=1S/C26H34N6O2/c1-4-20(33)32-14-19(13-16(32)2)23-21(22-24(27)28-15-29-25(22)30(23)3)17-7-9-18(10-8-17)26(34)31-11-5-6-12-31/h4,7,15-16,18-19H,1,5-6,8-14H2,2-3H3,(H2,27,28,29)/t16-,18-,19?/m0/s1. The number of allylic oxidation sites excluding steroid dienone is 2. The summed E-state index contributed by atoms with van der Waals surface area (Å²) in [5.41, 5.74) is 10.7. The van der Waals surface area contributed by atoms with Crippen LogP contribution in [-0.4, -0.2) is 61.8 Å². The first-order valence-electron chi connectivity index (χ1n) is 12.4. The molecule has 3 aliphatic rings. The molecule has 2 fully saturated rings. The summed E-state index contributed by atoms with van der Waals surface area (Å²) >= 11 is 0. The molecule has 0 saturated carbocycles. The molecule has 2 saturated heterocycles. The number of aromatic nitrogens is 3. The molecule has 4 heterocycles. The van der Waals surface area contributed by atoms with Gasteiger partial charge < -0.3 is 20.1 Å². The van der Waals surface area contributed by atoms with Gasteiger partial charge in [-0.3, -0.25) is 9.59 Å². The van der Waals surface area contributed by atoms with Crippen LogP contribution in [0.25, 0.3) is 16.6 Å². The van der Waals surface area contributed by atoms with Crippen molar-refractivity contribution in [2.24, 2.45) is 13.0 Å². The molecule has 5 rings (SSSR count). The molecule has 0 aromatic carbocycles. The van der Waals surface area contributed by atoms with E-state index in [0.29, 0.717) is 18.3 Å². The van der Waals surface area contributed by atoms with E-state index < -0.39 is 0 Å². The van der Waals surface area contributed by atoms with Gasteiger partial charge in [0.25, 0.3) is 0 Å². The van der Waals surface area contributed by atoms with Crippen LogP contribution < -0.4 is 5.73 Å². The molecule has 8 nitrogen and oxygen atoms in total. The van der Waals surface area contributed by atoms with Crippen LogP contribution in [0, 0.1) is 5.92 Å². The Bertz CT molecular complexity index is 1180. The Morgan fingerprint density at radius 2 is 2.00 bits per heavy atom. The predicted molar refractivity (Wildman–Crippen MR) is 133 cm³/mol. The number of rotatable bonds is 4. The first kappa shape index (κ1) is 22.6. The van der Waals surface area contributed by atoms with Gasteiger partial charge in [-0.25, -0.2) is 9.97 Å². The van der Waals surface area contributed by atoms with Gasteiger partial charge in [0.1, 0.15) is 17.8 Å². The summed E-state index contributed by atoms with van der Waals surface area (Å²) in [5.74, 6) is 0.966. The average molecular weight is 463 g/mol. The summed E-state index contributed by atoms with van der Waals surface area (Å²) in [6.45, 7) is 8.19. The van der Waals surface area contributed by atoms with Crippen molar-refractivity contribution in [3.63, 3.8) is 0 Å². The highest BCUT2D eigenvalue weighted by Gasteiger charge is 2.37. The largest absolute Gasteiger partial charge is 0.383 e. The van der Waals surface area contributed by atoms with E-state index in [-0.39, 0.29) is 23.8 Å². The third kappa shape index (κ3) is 3.69. The normalized spacial score (nSPS) is 25.1. The number of aryl methyl sites for hydroxylation is 1. The van der Waals surface area contributed by atoms with Gasteiger partial charge in [0.15, 0.2) is 0 Å². The fourth-order valence-corrected chi connectivity index (χ4v) is 6.23. The fraction of sp³-hybridized carbons (Fsp3) is 0.538. The van der Waals surface area contributed by atoms with Crippen LogP contribution in [0.2, 0.25) is 0 Å². The lowest BCUT2D eigenvalue weighted by atomic mass is 9.83. The molecule has 1 aliphatic carbocycles. The van der Waals surface area contributed by atoms with Gasteiger partial charge in [0.05, 0.1) is 5.39 Å². The Balaban J connectivity index is 1.53. The van der Waals surface area contributed by atoms with E-state index in [1.807, 2.05) is 16.8 Å². The van der Waals surface area contributed by atoms with Gasteiger partial charge in [-0.2, -0.15) is 0 Å². The maximum atomic E-state index is 13.0. The number of nitrogens with zero attached hydrogens (tertiary/aromatic N) is 5. The smallest absolute Gasteiger partial charge is 0.246 e. The van der Waals surface area contributed by atoms with E-state index >= 15 is 0 Å². The molecule has 2 amide bonds. The number of likely N-dealkylation sites (tertiary alicyclic amines) is 2. The Morgan fingerprint density at radius 1 is 1.24 bits per heavy atom. The molecular formula is C26H34N6O2. The predicted octanol–water partition coefficient (Wildman–Crippen LogP) is 3.25. The second-order valence-electron chi connectivity index (χ2n) is 9.99. The third-order valence-corrected chi connectivity index (χ3v) is 7.96. The number of amides is 2. The van der Waals surface area contributed by atoms with Crippen molar-refractivity contribution in [1.29, 1.82) is 0 Å². The van der Waals surface area contributed by atoms with Gasteiger partial charge >= 0.3 is 0 Å². The number of carbonyl (C=O) groups excluding carboxylic acids is 2. The van der Waals surface area contributed by atoms with E-state index in [0.717, 1.165) is 73.9 Å². The van der Waals surface area contributed by atoms with Crippen molar-refractivity contribution in [3.05, 3.63) is 36.3 Å². The van der Waals surface area contributed by atoms with Crippen molar-refractivity contribution in [2.45, 2.75) is 57.4 Å². The highest BCUT2D eigenvalue weighted by molar-refractivity contribution is 6.00. The maximum absolute atomic E-state index is 13.0. The first-order valence-corrected chi connectivity index (χ1v) is 12.4.